The van der Waals surface area contributed by atoms with E-state index >= 15 is 0 Å². The van der Waals surface area contributed by atoms with E-state index in [2.05, 4.69) is 5.32 Å². The highest BCUT2D eigenvalue weighted by molar-refractivity contribution is 6.42. The largest absolute Gasteiger partial charge is 0.489 e. The molecule has 0 saturated carbocycles. The number of ether oxygens (including phenoxy) is 2. The minimum absolute atomic E-state index is 0.304. The van der Waals surface area contributed by atoms with Crippen LogP contribution in [0.2, 0.25) is 10.0 Å². The number of benzene rings is 4. The molecule has 1 N–H and O–H groups in total. The zero-order chi connectivity index (χ0) is 28.1. The van der Waals surface area contributed by atoms with Crippen molar-refractivity contribution in [2.24, 2.45) is 0 Å². The fraction of sp³-hybridized carbons (Fsp3) is 0.0938. The summed E-state index contributed by atoms with van der Waals surface area (Å²) in [7, 11) is 0. The molecule has 200 valence electrons. The molecule has 1 heterocycles. The van der Waals surface area contributed by atoms with Gasteiger partial charge in [0, 0.05) is 16.6 Å². The third kappa shape index (κ3) is 6.25. The number of aromatic nitrogens is 1. The van der Waals surface area contributed by atoms with Gasteiger partial charge >= 0.3 is 5.97 Å². The predicted molar refractivity (Wildman–Crippen MR) is 158 cm³/mol. The van der Waals surface area contributed by atoms with Crippen LogP contribution in [0.3, 0.4) is 0 Å². The summed E-state index contributed by atoms with van der Waals surface area (Å²) in [6.45, 7) is 1.81. The van der Waals surface area contributed by atoms with E-state index in [9.17, 15) is 9.59 Å². The van der Waals surface area contributed by atoms with Crippen molar-refractivity contribution in [3.63, 3.8) is 0 Å². The standard InChI is InChI=1S/C32H24Cl2N2O4/c1-20-30(32(38)40-19-29(37)35-23-13-16-26(33)27(34)17-23)25-9-5-6-10-28(25)36-31(20)22-11-14-24(15-12-22)39-18-21-7-3-2-4-8-21/h2-17H,18-19H2,1H3,(H,35,37). The summed E-state index contributed by atoms with van der Waals surface area (Å²) in [6, 6.07) is 29.5. The van der Waals surface area contributed by atoms with Crippen LogP contribution >= 0.6 is 23.2 Å². The monoisotopic (exact) mass is 570 g/mol. The summed E-state index contributed by atoms with van der Waals surface area (Å²) < 4.78 is 11.3. The number of esters is 1. The number of amides is 1. The van der Waals surface area contributed by atoms with E-state index in [1.165, 1.54) is 6.07 Å². The number of halogens is 2. The van der Waals surface area contributed by atoms with Crippen LogP contribution in [0, 0.1) is 6.92 Å². The minimum Gasteiger partial charge on any atom is -0.489 e. The first kappa shape index (κ1) is 27.2. The molecule has 1 aromatic heterocycles. The van der Waals surface area contributed by atoms with Gasteiger partial charge in [0.2, 0.25) is 0 Å². The lowest BCUT2D eigenvalue weighted by molar-refractivity contribution is -0.119. The van der Waals surface area contributed by atoms with Crippen LogP contribution in [-0.4, -0.2) is 23.5 Å². The molecule has 5 rings (SSSR count). The average Bonchev–Trinajstić information content (AvgIpc) is 2.97. The van der Waals surface area contributed by atoms with Gasteiger partial charge in [0.15, 0.2) is 6.61 Å². The van der Waals surface area contributed by atoms with Crippen molar-refractivity contribution in [3.8, 4) is 17.0 Å². The Balaban J connectivity index is 1.35. The third-order valence-electron chi connectivity index (χ3n) is 6.25. The maximum atomic E-state index is 13.3. The van der Waals surface area contributed by atoms with Crippen molar-refractivity contribution in [2.75, 3.05) is 11.9 Å². The van der Waals surface area contributed by atoms with Crippen LogP contribution in [0.4, 0.5) is 5.69 Å². The van der Waals surface area contributed by atoms with E-state index in [0.717, 1.165) is 16.9 Å². The zero-order valence-corrected chi connectivity index (χ0v) is 23.0. The minimum atomic E-state index is -0.621. The maximum Gasteiger partial charge on any atom is 0.339 e. The highest BCUT2D eigenvalue weighted by Crippen LogP contribution is 2.31. The van der Waals surface area contributed by atoms with Gasteiger partial charge < -0.3 is 14.8 Å². The molecule has 0 aliphatic rings. The van der Waals surface area contributed by atoms with Crippen molar-refractivity contribution in [2.45, 2.75) is 13.5 Å². The highest BCUT2D eigenvalue weighted by atomic mass is 35.5. The quantitative estimate of drug-likeness (QED) is 0.192. The summed E-state index contributed by atoms with van der Waals surface area (Å²) in [6.07, 6.45) is 0. The van der Waals surface area contributed by atoms with Gasteiger partial charge in [-0.15, -0.1) is 0 Å². The topological polar surface area (TPSA) is 77.5 Å². The Bertz CT molecular complexity index is 1690. The average molecular weight is 571 g/mol. The van der Waals surface area contributed by atoms with Crippen LogP contribution in [0.25, 0.3) is 22.2 Å². The first-order valence-electron chi connectivity index (χ1n) is 12.5. The Morgan fingerprint density at radius 1 is 0.850 bits per heavy atom. The van der Waals surface area contributed by atoms with Crippen LogP contribution < -0.4 is 10.1 Å². The second-order valence-corrected chi connectivity index (χ2v) is 9.84. The molecule has 0 radical (unpaired) electrons. The fourth-order valence-corrected chi connectivity index (χ4v) is 4.57. The number of fused-ring (bicyclic) bond motifs is 1. The summed E-state index contributed by atoms with van der Waals surface area (Å²) in [5.74, 6) is -0.405. The van der Waals surface area contributed by atoms with Crippen molar-refractivity contribution in [1.29, 1.82) is 0 Å². The van der Waals surface area contributed by atoms with E-state index in [1.807, 2.05) is 85.8 Å². The number of nitrogens with zero attached hydrogens (tertiary/aromatic N) is 1. The summed E-state index contributed by atoms with van der Waals surface area (Å²) in [5, 5.41) is 3.96. The first-order valence-corrected chi connectivity index (χ1v) is 13.2. The number of carbonyl (C=O) groups excluding carboxylic acids is 2. The van der Waals surface area contributed by atoms with Gasteiger partial charge in [-0.3, -0.25) is 4.79 Å². The molecular weight excluding hydrogens is 547 g/mol. The highest BCUT2D eigenvalue weighted by Gasteiger charge is 2.21. The normalized spacial score (nSPS) is 10.8. The number of carbonyl (C=O) groups is 2. The van der Waals surface area contributed by atoms with Gasteiger partial charge in [0.05, 0.1) is 26.8 Å². The van der Waals surface area contributed by atoms with Gasteiger partial charge in [-0.25, -0.2) is 9.78 Å². The van der Waals surface area contributed by atoms with Crippen LogP contribution in [-0.2, 0) is 16.1 Å². The molecule has 8 heteroatoms. The van der Waals surface area contributed by atoms with Crippen molar-refractivity contribution in [3.05, 3.63) is 124 Å². The van der Waals surface area contributed by atoms with E-state index in [1.54, 1.807) is 12.1 Å². The SMILES string of the molecule is Cc1c(-c2ccc(OCc3ccccc3)cc2)nc2ccccc2c1C(=O)OCC(=O)Nc1ccc(Cl)c(Cl)c1. The zero-order valence-electron chi connectivity index (χ0n) is 21.5. The molecule has 0 unspecified atom stereocenters. The second kappa shape index (κ2) is 12.2. The Kier molecular flexibility index (Phi) is 8.29. The lowest BCUT2D eigenvalue weighted by Gasteiger charge is -2.15. The van der Waals surface area contributed by atoms with Crippen LogP contribution in [0.1, 0.15) is 21.5 Å². The molecular formula is C32H24Cl2N2O4. The number of hydrogen-bond donors (Lipinski definition) is 1. The maximum absolute atomic E-state index is 13.3. The lowest BCUT2D eigenvalue weighted by Crippen LogP contribution is -2.21. The molecule has 5 aromatic rings. The van der Waals surface area contributed by atoms with E-state index in [0.29, 0.717) is 50.1 Å². The second-order valence-electron chi connectivity index (χ2n) is 9.03. The lowest BCUT2D eigenvalue weighted by atomic mass is 9.97. The molecule has 0 aliphatic heterocycles. The molecule has 0 spiro atoms. The number of rotatable bonds is 8. The molecule has 4 aromatic carbocycles. The van der Waals surface area contributed by atoms with Gasteiger partial charge in [-0.2, -0.15) is 0 Å². The summed E-state index contributed by atoms with van der Waals surface area (Å²) in [5.41, 5.74) is 4.62. The van der Waals surface area contributed by atoms with E-state index < -0.39 is 18.5 Å². The number of nitrogens with one attached hydrogen (secondary N) is 1. The van der Waals surface area contributed by atoms with Gasteiger partial charge in [-0.1, -0.05) is 71.7 Å². The Hall–Kier alpha value is -4.39. The fourth-order valence-electron chi connectivity index (χ4n) is 4.28. The Labute approximate surface area is 241 Å². The van der Waals surface area contributed by atoms with Crippen molar-refractivity contribution >= 4 is 51.7 Å². The summed E-state index contributed by atoms with van der Waals surface area (Å²) >= 11 is 11.9. The molecule has 40 heavy (non-hydrogen) atoms. The first-order chi connectivity index (χ1) is 19.4. The third-order valence-corrected chi connectivity index (χ3v) is 6.99. The van der Waals surface area contributed by atoms with Gasteiger partial charge in [0.1, 0.15) is 12.4 Å². The van der Waals surface area contributed by atoms with E-state index in [-0.39, 0.29) is 0 Å². The molecule has 0 aliphatic carbocycles. The van der Waals surface area contributed by atoms with Crippen LogP contribution in [0.15, 0.2) is 97.1 Å². The van der Waals surface area contributed by atoms with Crippen LogP contribution in [0.5, 0.6) is 5.75 Å². The number of pyridine rings is 1. The molecule has 1 amide bonds. The van der Waals surface area contributed by atoms with Crippen molar-refractivity contribution < 1.29 is 19.1 Å². The Morgan fingerprint density at radius 2 is 1.57 bits per heavy atom. The smallest absolute Gasteiger partial charge is 0.339 e. The number of anilines is 1. The van der Waals surface area contributed by atoms with Gasteiger partial charge in [0.25, 0.3) is 5.91 Å². The van der Waals surface area contributed by atoms with Crippen molar-refractivity contribution in [1.82, 2.24) is 4.98 Å². The van der Waals surface area contributed by atoms with Gasteiger partial charge in [-0.05, 0) is 66.6 Å². The Morgan fingerprint density at radius 3 is 2.33 bits per heavy atom. The molecule has 0 saturated heterocycles. The summed E-state index contributed by atoms with van der Waals surface area (Å²) in [4.78, 5) is 30.6. The molecule has 0 bridgehead atoms. The molecule has 0 fully saturated rings. The molecule has 6 nitrogen and oxygen atoms in total. The van der Waals surface area contributed by atoms with E-state index in [4.69, 9.17) is 37.7 Å². The molecule has 0 atom stereocenters. The number of para-hydroxylation sites is 1. The number of hydrogen-bond acceptors (Lipinski definition) is 5. The predicted octanol–water partition coefficient (Wildman–Crippen LogP) is 7.89.